The average Bonchev–Trinajstić information content (AvgIpc) is 3.28. The Morgan fingerprint density at radius 2 is 1.37 bits per heavy atom. The van der Waals surface area contributed by atoms with Gasteiger partial charge in [0.05, 0.1) is 24.3 Å². The summed E-state index contributed by atoms with van der Waals surface area (Å²) in [6, 6.07) is 0.180. The summed E-state index contributed by atoms with van der Waals surface area (Å²) in [5.74, 6) is 0. The summed E-state index contributed by atoms with van der Waals surface area (Å²) in [5.41, 5.74) is 6.82. The molecule has 0 bridgehead atoms. The van der Waals surface area contributed by atoms with E-state index in [4.69, 9.17) is 13.6 Å². The molecule has 7 heteroatoms. The van der Waals surface area contributed by atoms with Gasteiger partial charge in [0.15, 0.2) is 0 Å². The van der Waals surface area contributed by atoms with E-state index in [1.54, 1.807) is 0 Å². The number of carbonyl (C=O) groups excluding carboxylic acids is 1. The van der Waals surface area contributed by atoms with Crippen molar-refractivity contribution in [3.63, 3.8) is 0 Å². The first kappa shape index (κ1) is 41.3. The number of hydrogen-bond acceptors (Lipinski definition) is 4. The van der Waals surface area contributed by atoms with Crippen LogP contribution < -0.4 is 0 Å². The van der Waals surface area contributed by atoms with Gasteiger partial charge in [0.2, 0.25) is 16.6 Å². The Morgan fingerprint density at radius 1 is 0.826 bits per heavy atom. The van der Waals surface area contributed by atoms with E-state index in [1.165, 1.54) is 32.1 Å². The van der Waals surface area contributed by atoms with E-state index in [-0.39, 0.29) is 36.5 Å². The van der Waals surface area contributed by atoms with Gasteiger partial charge in [-0.2, -0.15) is 0 Å². The number of cyclic esters (lactones) is 1. The third-order valence-corrected chi connectivity index (χ3v) is 23.9. The monoisotopic (exact) mass is 678 g/mol. The number of piperidine rings is 1. The molecule has 2 aliphatic heterocycles. The standard InChI is InChI=1S/C39H75NO4Si2/c1-15-16-17-18-20-23-35(43-45(28(2)3,29(4)5)30(6)7)24-21-19-22-25-38-36-26-27-37(34(14)40(36)39(41)42-38)44-46(31(8)9,32(10)11)33(12)13/h19,24,28-38H,15-18,20,22-23,25-27H2,1-14H3/t21?,34-,35-,36+,37+,38+/m0/s1. The maximum absolute atomic E-state index is 13.2. The van der Waals surface area contributed by atoms with Crippen LogP contribution in [0, 0.1) is 0 Å². The van der Waals surface area contributed by atoms with Crippen molar-refractivity contribution in [1.82, 2.24) is 4.90 Å². The van der Waals surface area contributed by atoms with E-state index in [1.807, 2.05) is 4.90 Å². The maximum Gasteiger partial charge on any atom is 0.410 e. The van der Waals surface area contributed by atoms with Crippen molar-refractivity contribution in [2.45, 2.75) is 225 Å². The molecule has 0 aromatic rings. The minimum atomic E-state index is -2.03. The van der Waals surface area contributed by atoms with Gasteiger partial charge in [-0.15, -0.1) is 5.73 Å². The van der Waals surface area contributed by atoms with Crippen LogP contribution in [0.5, 0.6) is 0 Å². The van der Waals surface area contributed by atoms with Crippen LogP contribution >= 0.6 is 0 Å². The highest BCUT2D eigenvalue weighted by atomic mass is 28.4. The zero-order valence-corrected chi connectivity index (χ0v) is 34.7. The Labute approximate surface area is 287 Å². The molecule has 2 heterocycles. The second-order valence-corrected chi connectivity index (χ2v) is 27.3. The van der Waals surface area contributed by atoms with Gasteiger partial charge >= 0.3 is 6.09 Å². The smallest absolute Gasteiger partial charge is 0.410 e. The molecule has 0 saturated carbocycles. The maximum atomic E-state index is 13.2. The van der Waals surface area contributed by atoms with Gasteiger partial charge in [0, 0.05) is 0 Å². The van der Waals surface area contributed by atoms with Gasteiger partial charge in [0.1, 0.15) is 6.10 Å². The lowest BCUT2D eigenvalue weighted by Gasteiger charge is -2.49. The quantitative estimate of drug-likeness (QED) is 0.0731. The molecule has 0 unspecified atom stereocenters. The van der Waals surface area contributed by atoms with E-state index in [0.717, 1.165) is 32.1 Å². The summed E-state index contributed by atoms with van der Waals surface area (Å²) >= 11 is 0. The van der Waals surface area contributed by atoms with Crippen LogP contribution in [0.1, 0.15) is 161 Å². The van der Waals surface area contributed by atoms with Crippen LogP contribution in [0.25, 0.3) is 0 Å². The number of unbranched alkanes of at least 4 members (excludes halogenated alkanes) is 4. The first-order valence-electron chi connectivity index (χ1n) is 19.3. The largest absolute Gasteiger partial charge is 0.444 e. The number of rotatable bonds is 20. The molecule has 2 aliphatic rings. The molecule has 0 aliphatic carbocycles. The van der Waals surface area contributed by atoms with Crippen molar-refractivity contribution in [3.8, 4) is 0 Å². The van der Waals surface area contributed by atoms with Crippen molar-refractivity contribution < 1.29 is 18.4 Å². The van der Waals surface area contributed by atoms with Gasteiger partial charge in [-0.1, -0.05) is 122 Å². The lowest BCUT2D eigenvalue weighted by Crippen LogP contribution is -2.58. The van der Waals surface area contributed by atoms with Crippen molar-refractivity contribution in [2.24, 2.45) is 0 Å². The zero-order valence-electron chi connectivity index (χ0n) is 32.7. The summed E-state index contributed by atoms with van der Waals surface area (Å²) in [6.07, 6.45) is 15.4. The highest BCUT2D eigenvalue weighted by Gasteiger charge is 2.53. The minimum absolute atomic E-state index is 0.0392. The second-order valence-electron chi connectivity index (χ2n) is 16.5. The number of amides is 1. The fraction of sp³-hybridized carbons (Fsp3) is 0.897. The SMILES string of the molecule is CCCCCCC[C@@H](C=C=CCC[C@H]1OC(=O)N2[C@@H]1CC[C@@H](O[Si](C(C)C)(C(C)C)C(C)C)[C@@H]2C)O[Si](C(C)C)(C(C)C)C(C)C. The third kappa shape index (κ3) is 9.64. The normalized spacial score (nSPS) is 23.1. The van der Waals surface area contributed by atoms with E-state index in [2.05, 4.69) is 115 Å². The molecule has 0 spiro atoms. The molecule has 1 amide bonds. The first-order valence-corrected chi connectivity index (χ1v) is 23.6. The van der Waals surface area contributed by atoms with Crippen molar-refractivity contribution in [3.05, 3.63) is 17.9 Å². The van der Waals surface area contributed by atoms with Crippen LogP contribution in [0.15, 0.2) is 17.9 Å². The van der Waals surface area contributed by atoms with Crippen LogP contribution in [0.3, 0.4) is 0 Å². The molecular formula is C39H75NO4Si2. The number of hydrogen-bond donors (Lipinski definition) is 0. The van der Waals surface area contributed by atoms with Crippen LogP contribution in [-0.4, -0.2) is 58.0 Å². The Hall–Kier alpha value is -0.856. The Bertz CT molecular complexity index is 927. The van der Waals surface area contributed by atoms with E-state index in [9.17, 15) is 4.79 Å². The molecule has 0 aromatic heterocycles. The molecule has 2 fully saturated rings. The number of ether oxygens (including phenoxy) is 1. The highest BCUT2D eigenvalue weighted by molar-refractivity contribution is 6.78. The molecule has 2 rings (SSSR count). The second kappa shape index (κ2) is 18.8. The number of fused-ring (bicyclic) bond motifs is 1. The van der Waals surface area contributed by atoms with E-state index >= 15 is 0 Å². The Balaban J connectivity index is 2.11. The van der Waals surface area contributed by atoms with E-state index < -0.39 is 16.6 Å². The van der Waals surface area contributed by atoms with Gasteiger partial charge in [-0.05, 0) is 84.4 Å². The lowest BCUT2D eigenvalue weighted by atomic mass is 9.91. The molecule has 5 nitrogen and oxygen atoms in total. The van der Waals surface area contributed by atoms with Crippen LogP contribution in [0.2, 0.25) is 33.2 Å². The topological polar surface area (TPSA) is 48.0 Å². The summed E-state index contributed by atoms with van der Waals surface area (Å²) in [6.45, 7) is 32.7. The third-order valence-electron chi connectivity index (χ3n) is 11.7. The zero-order chi connectivity index (χ0) is 34.8. The molecule has 0 radical (unpaired) electrons. The van der Waals surface area contributed by atoms with Crippen molar-refractivity contribution in [1.29, 1.82) is 0 Å². The molecule has 5 atom stereocenters. The van der Waals surface area contributed by atoms with Crippen molar-refractivity contribution in [2.75, 3.05) is 0 Å². The summed E-state index contributed by atoms with van der Waals surface area (Å²) in [5, 5.41) is 0. The minimum Gasteiger partial charge on any atom is -0.444 e. The van der Waals surface area contributed by atoms with Crippen molar-refractivity contribution >= 4 is 22.7 Å². The van der Waals surface area contributed by atoms with E-state index in [0.29, 0.717) is 33.2 Å². The van der Waals surface area contributed by atoms with Crippen LogP contribution in [-0.2, 0) is 13.6 Å². The fourth-order valence-corrected chi connectivity index (χ4v) is 20.7. The molecule has 0 N–H and O–H groups in total. The van der Waals surface area contributed by atoms with Gasteiger partial charge in [-0.3, -0.25) is 4.90 Å². The molecule has 2 saturated heterocycles. The number of carbonyl (C=O) groups is 1. The highest BCUT2D eigenvalue weighted by Crippen LogP contribution is 2.46. The molecule has 46 heavy (non-hydrogen) atoms. The molecule has 0 aromatic carbocycles. The first-order chi connectivity index (χ1) is 21.6. The van der Waals surface area contributed by atoms with Gasteiger partial charge < -0.3 is 13.6 Å². The Kier molecular flexibility index (Phi) is 16.9. The Morgan fingerprint density at radius 3 is 1.89 bits per heavy atom. The molecule has 268 valence electrons. The average molecular weight is 678 g/mol. The summed E-state index contributed by atoms with van der Waals surface area (Å²) < 4.78 is 20.4. The molecular weight excluding hydrogens is 603 g/mol. The predicted molar refractivity (Wildman–Crippen MR) is 202 cm³/mol. The predicted octanol–water partition coefficient (Wildman–Crippen LogP) is 12.3. The summed E-state index contributed by atoms with van der Waals surface area (Å²) in [4.78, 5) is 15.2. The van der Waals surface area contributed by atoms with Gasteiger partial charge in [0.25, 0.3) is 0 Å². The van der Waals surface area contributed by atoms with Gasteiger partial charge in [-0.25, -0.2) is 4.79 Å². The summed E-state index contributed by atoms with van der Waals surface area (Å²) in [7, 11) is -4.02. The number of nitrogens with zero attached hydrogens (tertiary/aromatic N) is 1. The fourth-order valence-electron chi connectivity index (χ4n) is 9.51. The lowest BCUT2D eigenvalue weighted by molar-refractivity contribution is 0.0246. The van der Waals surface area contributed by atoms with Crippen LogP contribution in [0.4, 0.5) is 4.79 Å².